The molecule has 0 spiro atoms. The van der Waals surface area contributed by atoms with Gasteiger partial charge in [-0.2, -0.15) is 8.42 Å². The van der Waals surface area contributed by atoms with Crippen LogP contribution in [-0.4, -0.2) is 42.2 Å². The van der Waals surface area contributed by atoms with E-state index in [2.05, 4.69) is 8.91 Å². The Bertz CT molecular complexity index is 724. The third-order valence-corrected chi connectivity index (χ3v) is 4.62. The van der Waals surface area contributed by atoms with Gasteiger partial charge in [0.15, 0.2) is 9.84 Å². The van der Waals surface area contributed by atoms with Crippen LogP contribution in [0.15, 0.2) is 29.2 Å². The maximum absolute atomic E-state index is 11.8. The zero-order valence-electron chi connectivity index (χ0n) is 9.79. The first kappa shape index (κ1) is 16.8. The molecule has 0 radical (unpaired) electrons. The summed E-state index contributed by atoms with van der Waals surface area (Å²) in [6.45, 7) is -0.729. The molecule has 1 rings (SSSR count). The predicted octanol–water partition coefficient (Wildman–Crippen LogP) is -0.782. The van der Waals surface area contributed by atoms with Crippen LogP contribution in [0.3, 0.4) is 0 Å². The Hall–Kier alpha value is -1.21. The fourth-order valence-corrected chi connectivity index (χ4v) is 3.06. The molecule has 114 valence electrons. The molecule has 1 aromatic carbocycles. The third kappa shape index (κ3) is 5.83. The zero-order chi connectivity index (χ0) is 15.4. The Morgan fingerprint density at radius 2 is 1.65 bits per heavy atom. The zero-order valence-corrected chi connectivity index (χ0v) is 12.3. The minimum absolute atomic E-state index is 0.136. The van der Waals surface area contributed by atoms with Crippen molar-refractivity contribution in [2.75, 3.05) is 17.1 Å². The molecule has 0 amide bonds. The molecule has 0 atom stereocenters. The van der Waals surface area contributed by atoms with Crippen LogP contribution in [-0.2, 0) is 35.3 Å². The van der Waals surface area contributed by atoms with Gasteiger partial charge in [0.05, 0.1) is 17.3 Å². The second-order valence-corrected chi connectivity index (χ2v) is 7.40. The lowest BCUT2D eigenvalue weighted by Crippen LogP contribution is -2.15. The lowest BCUT2D eigenvalue weighted by atomic mass is 10.3. The molecular weight excluding hydrogens is 334 g/mol. The first-order valence-corrected chi connectivity index (χ1v) is 9.15. The van der Waals surface area contributed by atoms with E-state index in [-0.39, 0.29) is 10.6 Å². The van der Waals surface area contributed by atoms with Crippen LogP contribution in [0.4, 0.5) is 5.69 Å². The largest absolute Gasteiger partial charge is 0.397 e. The quantitative estimate of drug-likeness (QED) is 0.431. The molecule has 0 unspecified atom stereocenters. The summed E-state index contributed by atoms with van der Waals surface area (Å²) < 4.78 is 79.1. The summed E-state index contributed by atoms with van der Waals surface area (Å²) in [6.07, 6.45) is 0. The number of sulfone groups is 1. The van der Waals surface area contributed by atoms with Crippen molar-refractivity contribution in [1.82, 2.24) is 0 Å². The van der Waals surface area contributed by atoms with Crippen LogP contribution in [0.1, 0.15) is 0 Å². The molecule has 0 aromatic heterocycles. The van der Waals surface area contributed by atoms with Crippen LogP contribution in [0.2, 0.25) is 0 Å². The standard InChI is InChI=1S/C8H11NO8S3/c10-18(11)9-7-1-3-8(4-2-7)19(12,13)6-5-17-20(14,15)16/h1-4,18H,5-6H2,(H,9,10,11)(H,14,15,16). The minimum Gasteiger partial charge on any atom is -0.286 e. The number of anilines is 1. The molecule has 0 saturated heterocycles. The molecule has 12 heteroatoms. The van der Waals surface area contributed by atoms with Crippen LogP contribution >= 0.6 is 0 Å². The Morgan fingerprint density at radius 3 is 2.10 bits per heavy atom. The number of rotatable bonds is 7. The van der Waals surface area contributed by atoms with E-state index in [9.17, 15) is 25.3 Å². The normalized spacial score (nSPS) is 12.5. The second kappa shape index (κ2) is 6.49. The van der Waals surface area contributed by atoms with Crippen molar-refractivity contribution in [3.63, 3.8) is 0 Å². The number of benzene rings is 1. The van der Waals surface area contributed by atoms with Gasteiger partial charge in [-0.05, 0) is 24.3 Å². The van der Waals surface area contributed by atoms with E-state index in [0.29, 0.717) is 0 Å². The SMILES string of the molecule is O=[SH](=O)Nc1ccc(S(=O)(=O)CCOS(=O)(=O)O)cc1. The van der Waals surface area contributed by atoms with E-state index >= 15 is 0 Å². The van der Waals surface area contributed by atoms with Gasteiger partial charge in [0.25, 0.3) is 0 Å². The molecule has 0 saturated carbocycles. The van der Waals surface area contributed by atoms with Crippen molar-refractivity contribution in [1.29, 1.82) is 0 Å². The van der Waals surface area contributed by atoms with E-state index in [0.717, 1.165) is 12.1 Å². The molecule has 0 aliphatic rings. The fraction of sp³-hybridized carbons (Fsp3) is 0.250. The Labute approximate surface area is 117 Å². The summed E-state index contributed by atoms with van der Waals surface area (Å²) in [5.41, 5.74) is 0.189. The third-order valence-electron chi connectivity index (χ3n) is 2.02. The number of hydrogen-bond acceptors (Lipinski definition) is 7. The van der Waals surface area contributed by atoms with Crippen LogP contribution in [0.25, 0.3) is 0 Å². The summed E-state index contributed by atoms with van der Waals surface area (Å²) in [7, 11) is -11.3. The highest BCUT2D eigenvalue weighted by Crippen LogP contribution is 2.15. The van der Waals surface area contributed by atoms with Gasteiger partial charge in [0.2, 0.25) is 10.9 Å². The van der Waals surface area contributed by atoms with Crippen molar-refractivity contribution in [3.8, 4) is 0 Å². The topological polar surface area (TPSA) is 144 Å². The smallest absolute Gasteiger partial charge is 0.286 e. The van der Waals surface area contributed by atoms with Crippen LogP contribution in [0.5, 0.6) is 0 Å². The molecule has 20 heavy (non-hydrogen) atoms. The highest BCUT2D eigenvalue weighted by molar-refractivity contribution is 7.91. The van der Waals surface area contributed by atoms with Crippen molar-refractivity contribution in [2.45, 2.75) is 4.90 Å². The molecule has 0 aliphatic heterocycles. The van der Waals surface area contributed by atoms with Crippen molar-refractivity contribution < 1.29 is 34.0 Å². The average molecular weight is 345 g/mol. The maximum atomic E-state index is 11.8. The Morgan fingerprint density at radius 1 is 1.10 bits per heavy atom. The summed E-state index contributed by atoms with van der Waals surface area (Å²) in [6, 6.07) is 4.79. The fourth-order valence-electron chi connectivity index (χ4n) is 1.21. The summed E-state index contributed by atoms with van der Waals surface area (Å²) in [4.78, 5) is -0.136. The van der Waals surface area contributed by atoms with Crippen molar-refractivity contribution in [2.24, 2.45) is 0 Å². The Balaban J connectivity index is 2.77. The van der Waals surface area contributed by atoms with Gasteiger partial charge in [-0.15, -0.1) is 0 Å². The van der Waals surface area contributed by atoms with Crippen molar-refractivity contribution >= 4 is 36.8 Å². The average Bonchev–Trinajstić information content (AvgIpc) is 2.26. The number of hydrogen-bond donors (Lipinski definition) is 3. The molecule has 9 nitrogen and oxygen atoms in total. The van der Waals surface area contributed by atoms with E-state index in [1.54, 1.807) is 0 Å². The molecular formula is C8H11NO8S3. The van der Waals surface area contributed by atoms with Gasteiger partial charge in [-0.25, -0.2) is 21.0 Å². The Kier molecular flexibility index (Phi) is 5.47. The molecule has 0 aliphatic carbocycles. The monoisotopic (exact) mass is 345 g/mol. The molecule has 0 fully saturated rings. The van der Waals surface area contributed by atoms with Gasteiger partial charge in [-0.1, -0.05) is 0 Å². The van der Waals surface area contributed by atoms with E-state index in [1.165, 1.54) is 12.1 Å². The van der Waals surface area contributed by atoms with Gasteiger partial charge < -0.3 is 0 Å². The summed E-state index contributed by atoms with van der Waals surface area (Å²) in [5.74, 6) is -0.657. The summed E-state index contributed by atoms with van der Waals surface area (Å²) >= 11 is 0. The first-order valence-electron chi connectivity index (χ1n) is 4.96. The number of thiol groups is 1. The van der Waals surface area contributed by atoms with E-state index in [1.807, 2.05) is 0 Å². The highest BCUT2D eigenvalue weighted by atomic mass is 32.3. The predicted molar refractivity (Wildman–Crippen MR) is 69.9 cm³/mol. The molecule has 0 bridgehead atoms. The summed E-state index contributed by atoms with van der Waals surface area (Å²) in [5, 5.41) is 0. The van der Waals surface area contributed by atoms with Crippen LogP contribution in [0, 0.1) is 0 Å². The maximum Gasteiger partial charge on any atom is 0.397 e. The van der Waals surface area contributed by atoms with Gasteiger partial charge in [0.1, 0.15) is 0 Å². The lowest BCUT2D eigenvalue weighted by molar-refractivity contribution is 0.284. The van der Waals surface area contributed by atoms with E-state index < -0.39 is 43.5 Å². The van der Waals surface area contributed by atoms with Gasteiger partial charge >= 0.3 is 10.4 Å². The van der Waals surface area contributed by atoms with Gasteiger partial charge in [0, 0.05) is 5.69 Å². The highest BCUT2D eigenvalue weighted by Gasteiger charge is 2.16. The van der Waals surface area contributed by atoms with Gasteiger partial charge in [-0.3, -0.25) is 9.27 Å². The lowest BCUT2D eigenvalue weighted by Gasteiger charge is -2.05. The molecule has 0 heterocycles. The minimum atomic E-state index is -4.69. The first-order chi connectivity index (χ1) is 9.10. The van der Waals surface area contributed by atoms with E-state index in [4.69, 9.17) is 4.55 Å². The van der Waals surface area contributed by atoms with Crippen molar-refractivity contribution in [3.05, 3.63) is 24.3 Å². The molecule has 2 N–H and O–H groups in total. The molecule has 1 aromatic rings. The second-order valence-electron chi connectivity index (χ2n) is 3.46. The van der Waals surface area contributed by atoms with Crippen LogP contribution < -0.4 is 4.72 Å². The number of nitrogens with one attached hydrogen (secondary N) is 1.